The Kier molecular flexibility index (Phi) is 8.57. The second-order valence-corrected chi connectivity index (χ2v) is 7.72. The van der Waals surface area contributed by atoms with Crippen molar-refractivity contribution in [3.8, 4) is 11.5 Å². The number of hydrogen-bond acceptors (Lipinski definition) is 5. The third-order valence-corrected chi connectivity index (χ3v) is 5.14. The summed E-state index contributed by atoms with van der Waals surface area (Å²) in [6.07, 6.45) is 3.57. The van der Waals surface area contributed by atoms with Gasteiger partial charge < -0.3 is 9.47 Å². The number of nitrogens with one attached hydrogen (secondary N) is 1. The second kappa shape index (κ2) is 11.8. The predicted molar refractivity (Wildman–Crippen MR) is 127 cm³/mol. The van der Waals surface area contributed by atoms with Crippen molar-refractivity contribution in [1.82, 2.24) is 5.43 Å². The summed E-state index contributed by atoms with van der Waals surface area (Å²) in [7, 11) is 0. The molecule has 32 heavy (non-hydrogen) atoms. The average molecular weight is 495 g/mol. The fourth-order valence-electron chi connectivity index (χ4n) is 2.68. The molecule has 0 aliphatic heterocycles. The van der Waals surface area contributed by atoms with E-state index in [1.807, 2.05) is 6.07 Å². The van der Waals surface area contributed by atoms with E-state index in [9.17, 15) is 9.59 Å². The molecule has 0 spiro atoms. The standard InChI is InChI=1S/C25H23BrN2O4/c1-2-3-16-31-20-14-10-19(11-15-20)24(29)28-27-17-18-8-12-21(13-9-18)32-25(30)22-6-4-5-7-23(22)26/h4-15,17H,2-3,16H2,1H3,(H,28,29)/b27-17+. The molecule has 1 amide bonds. The van der Waals surface area contributed by atoms with Crippen molar-refractivity contribution in [3.63, 3.8) is 0 Å². The molecule has 1 N–H and O–H groups in total. The lowest BCUT2D eigenvalue weighted by Gasteiger charge is -2.06. The molecule has 3 rings (SSSR count). The number of carbonyl (C=O) groups is 2. The van der Waals surface area contributed by atoms with Crippen LogP contribution in [0, 0.1) is 0 Å². The largest absolute Gasteiger partial charge is 0.494 e. The first-order valence-electron chi connectivity index (χ1n) is 10.2. The molecule has 0 saturated heterocycles. The number of halogens is 1. The molecule has 0 bridgehead atoms. The van der Waals surface area contributed by atoms with E-state index < -0.39 is 5.97 Å². The van der Waals surface area contributed by atoms with Gasteiger partial charge in [-0.2, -0.15) is 5.10 Å². The highest BCUT2D eigenvalue weighted by Gasteiger charge is 2.11. The molecule has 0 fully saturated rings. The number of carbonyl (C=O) groups excluding carboxylic acids is 2. The molecule has 7 heteroatoms. The highest BCUT2D eigenvalue weighted by molar-refractivity contribution is 9.10. The molecule has 0 aromatic heterocycles. The van der Waals surface area contributed by atoms with Crippen molar-refractivity contribution in [3.05, 3.63) is 94.0 Å². The number of rotatable bonds is 9. The predicted octanol–water partition coefficient (Wildman–Crippen LogP) is 5.61. The van der Waals surface area contributed by atoms with Crippen LogP contribution in [-0.4, -0.2) is 24.7 Å². The van der Waals surface area contributed by atoms with Gasteiger partial charge in [0.2, 0.25) is 0 Å². The first kappa shape index (κ1) is 23.2. The fraction of sp³-hybridized carbons (Fsp3) is 0.160. The quantitative estimate of drug-likeness (QED) is 0.138. The van der Waals surface area contributed by atoms with Crippen LogP contribution in [0.25, 0.3) is 0 Å². The third kappa shape index (κ3) is 6.78. The second-order valence-electron chi connectivity index (χ2n) is 6.86. The van der Waals surface area contributed by atoms with Crippen molar-refractivity contribution in [2.24, 2.45) is 5.10 Å². The highest BCUT2D eigenvalue weighted by Crippen LogP contribution is 2.19. The maximum Gasteiger partial charge on any atom is 0.344 e. The Balaban J connectivity index is 1.50. The Morgan fingerprint density at radius 2 is 1.66 bits per heavy atom. The molecule has 3 aromatic carbocycles. The molecule has 6 nitrogen and oxygen atoms in total. The van der Waals surface area contributed by atoms with Crippen molar-refractivity contribution < 1.29 is 19.1 Å². The summed E-state index contributed by atoms with van der Waals surface area (Å²) in [5.74, 6) is 0.375. The molecule has 0 aliphatic carbocycles. The molecule has 0 saturated carbocycles. The van der Waals surface area contributed by atoms with Crippen molar-refractivity contribution in [2.45, 2.75) is 19.8 Å². The highest BCUT2D eigenvalue weighted by atomic mass is 79.9. The molecular formula is C25H23BrN2O4. The molecule has 0 unspecified atom stereocenters. The van der Waals surface area contributed by atoms with Gasteiger partial charge >= 0.3 is 5.97 Å². The van der Waals surface area contributed by atoms with Gasteiger partial charge in [-0.05, 0) is 88.6 Å². The summed E-state index contributed by atoms with van der Waals surface area (Å²) in [6.45, 7) is 2.76. The summed E-state index contributed by atoms with van der Waals surface area (Å²) in [5.41, 5.74) is 4.17. The Bertz CT molecular complexity index is 1080. The van der Waals surface area contributed by atoms with Crippen LogP contribution in [0.5, 0.6) is 11.5 Å². The maximum atomic E-state index is 12.3. The van der Waals surface area contributed by atoms with Gasteiger partial charge in [0.1, 0.15) is 11.5 Å². The fourth-order valence-corrected chi connectivity index (χ4v) is 3.12. The third-order valence-electron chi connectivity index (χ3n) is 4.45. The molecule has 0 radical (unpaired) electrons. The van der Waals surface area contributed by atoms with Crippen LogP contribution >= 0.6 is 15.9 Å². The zero-order chi connectivity index (χ0) is 22.8. The smallest absolute Gasteiger partial charge is 0.344 e. The van der Waals surface area contributed by atoms with Gasteiger partial charge in [0, 0.05) is 10.0 Å². The number of hydrogen-bond donors (Lipinski definition) is 1. The zero-order valence-corrected chi connectivity index (χ0v) is 19.2. The van der Waals surface area contributed by atoms with Gasteiger partial charge in [0.25, 0.3) is 5.91 Å². The Morgan fingerprint density at radius 3 is 2.34 bits per heavy atom. The lowest BCUT2D eigenvalue weighted by atomic mass is 10.2. The van der Waals surface area contributed by atoms with E-state index in [1.165, 1.54) is 6.21 Å². The number of amides is 1. The summed E-state index contributed by atoms with van der Waals surface area (Å²) in [4.78, 5) is 24.5. The van der Waals surface area contributed by atoms with E-state index >= 15 is 0 Å². The van der Waals surface area contributed by atoms with Crippen molar-refractivity contribution >= 4 is 34.0 Å². The van der Waals surface area contributed by atoms with Crippen LogP contribution in [-0.2, 0) is 0 Å². The number of hydrazone groups is 1. The van der Waals surface area contributed by atoms with Gasteiger partial charge in [0.15, 0.2) is 0 Å². The zero-order valence-electron chi connectivity index (χ0n) is 17.6. The van der Waals surface area contributed by atoms with Crippen LogP contribution in [0.15, 0.2) is 82.4 Å². The van der Waals surface area contributed by atoms with Gasteiger partial charge in [-0.25, -0.2) is 10.2 Å². The van der Waals surface area contributed by atoms with E-state index in [-0.39, 0.29) is 5.91 Å². The summed E-state index contributed by atoms with van der Waals surface area (Å²) in [6, 6.07) is 20.8. The normalized spacial score (nSPS) is 10.7. The Labute approximate surface area is 195 Å². The van der Waals surface area contributed by atoms with Gasteiger partial charge in [0.05, 0.1) is 18.4 Å². The monoisotopic (exact) mass is 494 g/mol. The van der Waals surface area contributed by atoms with Gasteiger partial charge in [-0.3, -0.25) is 4.79 Å². The minimum Gasteiger partial charge on any atom is -0.494 e. The first-order valence-corrected chi connectivity index (χ1v) is 11.0. The van der Waals surface area contributed by atoms with Crippen LogP contribution in [0.3, 0.4) is 0 Å². The van der Waals surface area contributed by atoms with E-state index in [0.717, 1.165) is 24.2 Å². The number of esters is 1. The van der Waals surface area contributed by atoms with E-state index in [4.69, 9.17) is 9.47 Å². The SMILES string of the molecule is CCCCOc1ccc(C(=O)N/N=C/c2ccc(OC(=O)c3ccccc3Br)cc2)cc1. The van der Waals surface area contributed by atoms with Crippen LogP contribution in [0.2, 0.25) is 0 Å². The molecule has 3 aromatic rings. The van der Waals surface area contributed by atoms with Crippen LogP contribution in [0.1, 0.15) is 46.0 Å². The Morgan fingerprint density at radius 1 is 0.969 bits per heavy atom. The van der Waals surface area contributed by atoms with Crippen molar-refractivity contribution in [1.29, 1.82) is 0 Å². The number of nitrogens with zero attached hydrogens (tertiary/aromatic N) is 1. The number of unbranched alkanes of at least 4 members (excludes halogenated alkanes) is 1. The van der Waals surface area contributed by atoms with Crippen molar-refractivity contribution in [2.75, 3.05) is 6.61 Å². The van der Waals surface area contributed by atoms with Crippen LogP contribution in [0.4, 0.5) is 0 Å². The maximum absolute atomic E-state index is 12.3. The molecule has 164 valence electrons. The van der Waals surface area contributed by atoms with E-state index in [2.05, 4.69) is 33.4 Å². The minimum atomic E-state index is -0.451. The minimum absolute atomic E-state index is 0.319. The topological polar surface area (TPSA) is 77.0 Å². The van der Waals surface area contributed by atoms with E-state index in [0.29, 0.717) is 28.0 Å². The van der Waals surface area contributed by atoms with Gasteiger partial charge in [-0.15, -0.1) is 0 Å². The molecule has 0 atom stereocenters. The first-order chi connectivity index (χ1) is 15.6. The van der Waals surface area contributed by atoms with E-state index in [1.54, 1.807) is 66.7 Å². The number of ether oxygens (including phenoxy) is 2. The summed E-state index contributed by atoms with van der Waals surface area (Å²) in [5, 5.41) is 3.98. The molecular weight excluding hydrogens is 472 g/mol. The molecule has 0 aliphatic rings. The lowest BCUT2D eigenvalue weighted by molar-refractivity contribution is 0.0733. The average Bonchev–Trinajstić information content (AvgIpc) is 2.81. The molecule has 0 heterocycles. The summed E-state index contributed by atoms with van der Waals surface area (Å²) < 4.78 is 11.6. The number of benzene rings is 3. The van der Waals surface area contributed by atoms with Crippen LogP contribution < -0.4 is 14.9 Å². The summed E-state index contributed by atoms with van der Waals surface area (Å²) >= 11 is 3.34. The Hall–Kier alpha value is -3.45. The lowest BCUT2D eigenvalue weighted by Crippen LogP contribution is -2.17. The van der Waals surface area contributed by atoms with Gasteiger partial charge in [-0.1, -0.05) is 25.5 Å².